The van der Waals surface area contributed by atoms with E-state index in [0.717, 1.165) is 0 Å². The van der Waals surface area contributed by atoms with Crippen LogP contribution >= 0.6 is 0 Å². The lowest BCUT2D eigenvalue weighted by atomic mass is 9.53. The molecule has 214 valence electrons. The van der Waals surface area contributed by atoms with Crippen LogP contribution in [0.4, 0.5) is 10.5 Å². The molecule has 0 radical (unpaired) electrons. The van der Waals surface area contributed by atoms with Crippen LogP contribution < -0.4 is 20.7 Å². The number of phenols is 1. The second-order valence-electron chi connectivity index (χ2n) is 10.9. The summed E-state index contributed by atoms with van der Waals surface area (Å²) in [6.45, 7) is -0.214. The van der Waals surface area contributed by atoms with Crippen LogP contribution in [0.5, 0.6) is 11.5 Å². The molecule has 3 aliphatic rings. The highest BCUT2D eigenvalue weighted by atomic mass is 16.6. The van der Waals surface area contributed by atoms with Crippen LogP contribution in [0.3, 0.4) is 0 Å². The zero-order valence-electron chi connectivity index (χ0n) is 22.4. The number of primary amides is 1. The van der Waals surface area contributed by atoms with E-state index in [1.807, 2.05) is 0 Å². The van der Waals surface area contributed by atoms with Crippen LogP contribution in [0.1, 0.15) is 34.3 Å². The number of rotatable bonds is 5. The second kappa shape index (κ2) is 10.1. The molecule has 3 aliphatic carbocycles. The Morgan fingerprint density at radius 3 is 2.41 bits per heavy atom. The Kier molecular flexibility index (Phi) is 6.90. The van der Waals surface area contributed by atoms with E-state index in [0.29, 0.717) is 17.0 Å². The van der Waals surface area contributed by atoms with Crippen molar-refractivity contribution in [2.24, 2.45) is 29.4 Å². The number of hydrogen-bond donors (Lipinski definition) is 4. The number of phenolic OH excluding ortho intramolecular Hbond substituents is 1. The predicted octanol–water partition coefficient (Wildman–Crippen LogP) is 0.681. The first-order chi connectivity index (χ1) is 19.4. The highest BCUT2D eigenvalue weighted by Crippen LogP contribution is 2.51. The summed E-state index contributed by atoms with van der Waals surface area (Å²) >= 11 is 0. The molecule has 0 saturated heterocycles. The number of nitrogens with two attached hydrogens (primary N) is 1. The van der Waals surface area contributed by atoms with Crippen molar-refractivity contribution in [2.45, 2.75) is 31.4 Å². The van der Waals surface area contributed by atoms with Gasteiger partial charge >= 0.3 is 6.09 Å². The van der Waals surface area contributed by atoms with Gasteiger partial charge < -0.3 is 30.9 Å². The first kappa shape index (κ1) is 28.0. The number of anilines is 1. The van der Waals surface area contributed by atoms with E-state index in [2.05, 4.69) is 5.32 Å². The Morgan fingerprint density at radius 2 is 1.78 bits per heavy atom. The average molecular weight is 564 g/mol. The van der Waals surface area contributed by atoms with Crippen molar-refractivity contribution in [1.29, 1.82) is 0 Å². The van der Waals surface area contributed by atoms with E-state index in [4.69, 9.17) is 10.5 Å². The maximum atomic E-state index is 13.9. The first-order valence-electron chi connectivity index (χ1n) is 13.1. The van der Waals surface area contributed by atoms with E-state index in [-0.39, 0.29) is 30.5 Å². The third-order valence-electron chi connectivity index (χ3n) is 8.32. The number of ether oxygens (including phenoxy) is 1. The molecule has 0 heterocycles. The number of hydrogen-bond acceptors (Lipinski definition) is 10. The summed E-state index contributed by atoms with van der Waals surface area (Å²) in [6, 6.07) is 9.95. The first-order valence-corrected chi connectivity index (χ1v) is 13.1. The van der Waals surface area contributed by atoms with Crippen molar-refractivity contribution < 1.29 is 43.7 Å². The van der Waals surface area contributed by atoms with Crippen LogP contribution in [-0.2, 0) is 32.1 Å². The number of benzene rings is 2. The number of para-hydroxylation sites is 1. The van der Waals surface area contributed by atoms with E-state index >= 15 is 0 Å². The Hall–Kier alpha value is -4.58. The molecule has 12 heteroatoms. The van der Waals surface area contributed by atoms with E-state index in [1.165, 1.54) is 0 Å². The van der Waals surface area contributed by atoms with Crippen LogP contribution in [0, 0.1) is 23.7 Å². The number of ketones is 4. The molecule has 5 rings (SSSR count). The number of Topliss-reactive ketones (excluding diaryl/α,β-unsaturated/α-hetero) is 4. The van der Waals surface area contributed by atoms with Gasteiger partial charge in [0.25, 0.3) is 0 Å². The topological polar surface area (TPSA) is 193 Å². The Balaban J connectivity index is 1.49. The fourth-order valence-electron chi connectivity index (χ4n) is 6.40. The van der Waals surface area contributed by atoms with Crippen molar-refractivity contribution in [2.75, 3.05) is 19.0 Å². The summed E-state index contributed by atoms with van der Waals surface area (Å²) in [7, 11) is 3.47. The molecule has 2 aromatic rings. The SMILES string of the molecule is CN(C)c1cc(CNC(=O)Oc2ccccc2)c(O)c2c1C[C@H]1C[C@H]3CC(=O)C(C(N)=O)C(=O)[C@@]3(O)C(=O)C1C2=O. The fourth-order valence-corrected chi connectivity index (χ4v) is 6.40. The van der Waals surface area contributed by atoms with E-state index in [9.17, 15) is 39.0 Å². The maximum absolute atomic E-state index is 13.9. The third-order valence-corrected chi connectivity index (χ3v) is 8.32. The summed E-state index contributed by atoms with van der Waals surface area (Å²) in [5.41, 5.74) is 3.57. The van der Waals surface area contributed by atoms with Crippen molar-refractivity contribution in [1.82, 2.24) is 5.32 Å². The monoisotopic (exact) mass is 563 g/mol. The predicted molar refractivity (Wildman–Crippen MR) is 142 cm³/mol. The molecule has 0 spiro atoms. The van der Waals surface area contributed by atoms with Gasteiger partial charge in [0.1, 0.15) is 11.5 Å². The number of amides is 2. The summed E-state index contributed by atoms with van der Waals surface area (Å²) in [5, 5.41) is 25.1. The zero-order valence-corrected chi connectivity index (χ0v) is 22.4. The summed E-state index contributed by atoms with van der Waals surface area (Å²) in [5.74, 6) is -10.6. The van der Waals surface area contributed by atoms with Crippen LogP contribution in [0.25, 0.3) is 0 Å². The van der Waals surface area contributed by atoms with Gasteiger partial charge in [-0.2, -0.15) is 0 Å². The summed E-state index contributed by atoms with van der Waals surface area (Å²) in [4.78, 5) is 79.1. The largest absolute Gasteiger partial charge is 0.507 e. The quantitative estimate of drug-likeness (QED) is 0.376. The molecule has 2 fully saturated rings. The van der Waals surface area contributed by atoms with Crippen molar-refractivity contribution >= 4 is 40.8 Å². The minimum absolute atomic E-state index is 0.00329. The van der Waals surface area contributed by atoms with Gasteiger partial charge in [0, 0.05) is 44.2 Å². The van der Waals surface area contributed by atoms with Crippen LogP contribution in [0.15, 0.2) is 36.4 Å². The second-order valence-corrected chi connectivity index (χ2v) is 10.9. The highest BCUT2D eigenvalue weighted by molar-refractivity contribution is 6.31. The molecular formula is C29H29N3O9. The number of nitrogens with one attached hydrogen (secondary N) is 1. The Morgan fingerprint density at radius 1 is 1.10 bits per heavy atom. The lowest BCUT2D eigenvalue weighted by molar-refractivity contribution is -0.175. The molecule has 0 aromatic heterocycles. The lowest BCUT2D eigenvalue weighted by Crippen LogP contribution is -2.68. The zero-order chi connectivity index (χ0) is 29.8. The standard InChI is InChI=1S/C29H29N3O9/c1-32(2)18-10-14(12-31-28(39)41-16-6-4-3-5-7-16)23(34)21-17(18)9-13-8-15-11-19(33)22(27(30)38)26(37)29(15,40)25(36)20(13)24(21)35/h3-7,10,13,15,20,22,34,40H,8-9,11-12H2,1-2H3,(H2,30,38)(H,31,39)/t13-,15+,20?,22?,29+/m1/s1. The Labute approximate surface area is 234 Å². The van der Waals surface area contributed by atoms with E-state index in [1.54, 1.807) is 55.4 Å². The molecule has 5 atom stereocenters. The number of carbonyl (C=O) groups excluding carboxylic acids is 6. The summed E-state index contributed by atoms with van der Waals surface area (Å²) in [6.07, 6.45) is -1.04. The van der Waals surface area contributed by atoms with Gasteiger partial charge in [-0.25, -0.2) is 4.79 Å². The van der Waals surface area contributed by atoms with Gasteiger partial charge in [-0.05, 0) is 42.5 Å². The number of fused-ring (bicyclic) bond motifs is 3. The number of nitrogens with zero attached hydrogens (tertiary/aromatic N) is 1. The van der Waals surface area contributed by atoms with Gasteiger partial charge in [-0.15, -0.1) is 0 Å². The molecule has 2 aromatic carbocycles. The maximum Gasteiger partial charge on any atom is 0.412 e. The molecule has 2 amide bonds. The molecule has 0 bridgehead atoms. The van der Waals surface area contributed by atoms with Crippen molar-refractivity contribution in [3.05, 3.63) is 53.1 Å². The average Bonchev–Trinajstić information content (AvgIpc) is 2.90. The molecule has 41 heavy (non-hydrogen) atoms. The van der Waals surface area contributed by atoms with Gasteiger partial charge in [0.05, 0.1) is 11.5 Å². The van der Waals surface area contributed by atoms with Gasteiger partial charge in [-0.3, -0.25) is 24.0 Å². The fraction of sp³-hybridized carbons (Fsp3) is 0.379. The number of aromatic hydroxyl groups is 1. The highest BCUT2D eigenvalue weighted by Gasteiger charge is 2.66. The minimum Gasteiger partial charge on any atom is -0.507 e. The van der Waals surface area contributed by atoms with E-state index < -0.39 is 76.6 Å². The van der Waals surface area contributed by atoms with Gasteiger partial charge in [0.15, 0.2) is 34.7 Å². The molecule has 2 saturated carbocycles. The number of carbonyl (C=O) groups is 6. The van der Waals surface area contributed by atoms with Crippen molar-refractivity contribution in [3.8, 4) is 11.5 Å². The number of aliphatic hydroxyl groups is 1. The Bertz CT molecular complexity index is 1500. The lowest BCUT2D eigenvalue weighted by Gasteiger charge is -2.48. The normalized spacial score (nSPS) is 26.9. The third kappa shape index (κ3) is 4.44. The minimum atomic E-state index is -2.72. The van der Waals surface area contributed by atoms with Crippen molar-refractivity contribution in [3.63, 3.8) is 0 Å². The van der Waals surface area contributed by atoms with Gasteiger partial charge in [0.2, 0.25) is 5.91 Å². The van der Waals surface area contributed by atoms with Crippen LogP contribution in [-0.4, -0.2) is 65.0 Å². The van der Waals surface area contributed by atoms with Crippen LogP contribution in [0.2, 0.25) is 0 Å². The summed E-state index contributed by atoms with van der Waals surface area (Å²) < 4.78 is 5.21. The van der Waals surface area contributed by atoms with Gasteiger partial charge in [-0.1, -0.05) is 18.2 Å². The smallest absolute Gasteiger partial charge is 0.412 e. The molecule has 0 aliphatic heterocycles. The molecule has 5 N–H and O–H groups in total. The molecular weight excluding hydrogens is 534 g/mol. The molecule has 12 nitrogen and oxygen atoms in total. The molecule has 2 unspecified atom stereocenters.